The van der Waals surface area contributed by atoms with Crippen LogP contribution in [-0.4, -0.2) is 21.8 Å². The number of fused-ring (bicyclic) bond motifs is 2. The minimum absolute atomic E-state index is 0.0940. The lowest BCUT2D eigenvalue weighted by Gasteiger charge is -2.52. The Morgan fingerprint density at radius 1 is 0.545 bits per heavy atom. The molecule has 8 rings (SSSR count). The maximum absolute atomic E-state index is 15.3. The molecular formula is C45H44Cl2N6O2. The van der Waals surface area contributed by atoms with E-state index in [2.05, 4.69) is 40.3 Å². The van der Waals surface area contributed by atoms with Crippen molar-refractivity contribution < 1.29 is 9.59 Å². The van der Waals surface area contributed by atoms with Crippen LogP contribution in [0.5, 0.6) is 0 Å². The van der Waals surface area contributed by atoms with Gasteiger partial charge in [0.25, 0.3) is 0 Å². The highest BCUT2D eigenvalue weighted by molar-refractivity contribution is 6.42. The molecular weight excluding hydrogens is 727 g/mol. The number of carbonyl (C=O) groups excluding carboxylic acids is 2. The van der Waals surface area contributed by atoms with Gasteiger partial charge in [0.05, 0.1) is 43.3 Å². The molecule has 0 bridgehead atoms. The van der Waals surface area contributed by atoms with Crippen molar-refractivity contribution >= 4 is 91.2 Å². The van der Waals surface area contributed by atoms with Crippen molar-refractivity contribution in [2.24, 2.45) is 10.8 Å². The molecule has 4 N–H and O–H groups in total. The smallest absolute Gasteiger partial charge is 0.231 e. The Morgan fingerprint density at radius 3 is 1.49 bits per heavy atom. The van der Waals surface area contributed by atoms with E-state index in [1.165, 1.54) is 5.56 Å². The molecule has 0 spiro atoms. The molecule has 55 heavy (non-hydrogen) atoms. The van der Waals surface area contributed by atoms with Crippen molar-refractivity contribution in [3.8, 4) is 0 Å². The van der Waals surface area contributed by atoms with E-state index in [0.717, 1.165) is 71.7 Å². The molecule has 6 aromatic rings. The van der Waals surface area contributed by atoms with Crippen molar-refractivity contribution in [3.63, 3.8) is 0 Å². The first-order valence-electron chi connectivity index (χ1n) is 19.2. The Balaban J connectivity index is 1.16. The molecule has 0 radical (unpaired) electrons. The van der Waals surface area contributed by atoms with Crippen LogP contribution in [-0.2, 0) is 9.59 Å². The summed E-state index contributed by atoms with van der Waals surface area (Å²) in [6.07, 6.45) is 8.17. The number of nitrogens with one attached hydrogen (secondary N) is 4. The largest absolute Gasteiger partial charge is 0.340 e. The molecule has 4 aromatic carbocycles. The summed E-state index contributed by atoms with van der Waals surface area (Å²) in [5.41, 5.74) is 3.79. The highest BCUT2D eigenvalue weighted by Crippen LogP contribution is 2.58. The molecule has 0 saturated heterocycles. The molecule has 2 amide bonds. The van der Waals surface area contributed by atoms with Crippen LogP contribution in [0.25, 0.3) is 21.8 Å². The van der Waals surface area contributed by atoms with Crippen LogP contribution < -0.4 is 21.3 Å². The number of anilines is 6. The fraction of sp³-hybridized carbons (Fsp3) is 0.289. The van der Waals surface area contributed by atoms with E-state index in [-0.39, 0.29) is 11.8 Å². The number of aromatic nitrogens is 2. The second-order valence-corrected chi connectivity index (χ2v) is 15.9. The highest BCUT2D eigenvalue weighted by atomic mass is 35.5. The number of hydrogen-bond donors (Lipinski definition) is 4. The van der Waals surface area contributed by atoms with Gasteiger partial charge < -0.3 is 21.3 Å². The third kappa shape index (κ3) is 7.33. The van der Waals surface area contributed by atoms with Gasteiger partial charge in [-0.05, 0) is 75.1 Å². The number of nitrogens with zero attached hydrogens (tertiary/aromatic N) is 2. The van der Waals surface area contributed by atoms with E-state index in [1.807, 2.05) is 78.9 Å². The van der Waals surface area contributed by atoms with Gasteiger partial charge in [0.15, 0.2) is 0 Å². The fourth-order valence-electron chi connectivity index (χ4n) is 8.83. The summed E-state index contributed by atoms with van der Waals surface area (Å²) in [5, 5.41) is 16.1. The van der Waals surface area contributed by atoms with Crippen molar-refractivity contribution in [1.29, 1.82) is 0 Å². The lowest BCUT2D eigenvalue weighted by atomic mass is 9.51. The highest BCUT2D eigenvalue weighted by Gasteiger charge is 2.60. The van der Waals surface area contributed by atoms with Gasteiger partial charge >= 0.3 is 0 Å². The first-order chi connectivity index (χ1) is 26.7. The summed E-state index contributed by atoms with van der Waals surface area (Å²) < 4.78 is 0. The predicted molar refractivity (Wildman–Crippen MR) is 226 cm³/mol. The zero-order chi connectivity index (χ0) is 38.0. The van der Waals surface area contributed by atoms with Crippen molar-refractivity contribution in [2.45, 2.75) is 71.1 Å². The van der Waals surface area contributed by atoms with E-state index < -0.39 is 10.8 Å². The molecule has 0 aliphatic heterocycles. The molecule has 280 valence electrons. The Morgan fingerprint density at radius 2 is 1.00 bits per heavy atom. The van der Waals surface area contributed by atoms with Crippen LogP contribution in [0, 0.1) is 17.8 Å². The van der Waals surface area contributed by atoms with Gasteiger partial charge in [-0.2, -0.15) is 0 Å². The minimum Gasteiger partial charge on any atom is -0.340 e. The summed E-state index contributed by atoms with van der Waals surface area (Å²) in [4.78, 5) is 40.2. The monoisotopic (exact) mass is 770 g/mol. The molecule has 10 heteroatoms. The molecule has 2 fully saturated rings. The zero-order valence-electron chi connectivity index (χ0n) is 30.9. The van der Waals surface area contributed by atoms with E-state index >= 15 is 9.59 Å². The standard InChI is InChI=1S/C45H44Cl2N6O2/c1-29-16-18-30(19-17-29)48-40-27-38(32-12-4-6-14-36(32)50-40)52-42(54)44(22-8-2-9-23-44)45(24-10-3-11-25-45)43(55)53-39-28-41(51-37-15-7-5-13-33(37)39)49-31-20-21-34(46)35(47)26-31/h4-7,12-21,26-28H,2-3,8-11,22-25H2,1H3,(H2,48,50,52,54)(H2,49,51,53,55). The summed E-state index contributed by atoms with van der Waals surface area (Å²) in [6, 6.07) is 32.9. The van der Waals surface area contributed by atoms with Gasteiger partial charge in [0, 0.05) is 34.3 Å². The van der Waals surface area contributed by atoms with Crippen LogP contribution in [0.2, 0.25) is 10.0 Å². The van der Waals surface area contributed by atoms with Gasteiger partial charge in [-0.25, -0.2) is 9.97 Å². The third-order valence-corrected chi connectivity index (χ3v) is 12.4. The molecule has 2 heterocycles. The van der Waals surface area contributed by atoms with Crippen LogP contribution in [0.3, 0.4) is 0 Å². The zero-order valence-corrected chi connectivity index (χ0v) is 32.4. The number of amides is 2. The number of aryl methyl sites for hydroxylation is 1. The Bertz CT molecular complexity index is 2390. The quantitative estimate of drug-likeness (QED) is 0.117. The lowest BCUT2D eigenvalue weighted by molar-refractivity contribution is -0.153. The van der Waals surface area contributed by atoms with Gasteiger partial charge in [-0.15, -0.1) is 0 Å². The number of para-hydroxylation sites is 2. The Kier molecular flexibility index (Phi) is 10.4. The summed E-state index contributed by atoms with van der Waals surface area (Å²) in [6.45, 7) is 2.06. The first kappa shape index (κ1) is 36.8. The van der Waals surface area contributed by atoms with Crippen molar-refractivity contribution in [3.05, 3.63) is 119 Å². The van der Waals surface area contributed by atoms with E-state index in [0.29, 0.717) is 58.7 Å². The van der Waals surface area contributed by atoms with Crippen LogP contribution >= 0.6 is 23.2 Å². The lowest BCUT2D eigenvalue weighted by Crippen LogP contribution is -2.57. The van der Waals surface area contributed by atoms with Gasteiger partial charge in [-0.1, -0.05) is 116 Å². The average molecular weight is 772 g/mol. The maximum atomic E-state index is 15.3. The normalized spacial score (nSPS) is 16.3. The summed E-state index contributed by atoms with van der Waals surface area (Å²) in [5.74, 6) is 0.983. The van der Waals surface area contributed by atoms with E-state index in [4.69, 9.17) is 33.2 Å². The molecule has 2 aromatic heterocycles. The second-order valence-electron chi connectivity index (χ2n) is 15.1. The molecule has 0 atom stereocenters. The first-order valence-corrected chi connectivity index (χ1v) is 20.0. The number of rotatable bonds is 9. The van der Waals surface area contributed by atoms with Crippen LogP contribution in [0.1, 0.15) is 69.8 Å². The van der Waals surface area contributed by atoms with Crippen molar-refractivity contribution in [2.75, 3.05) is 21.3 Å². The van der Waals surface area contributed by atoms with Crippen LogP contribution in [0.15, 0.2) is 103 Å². The SMILES string of the molecule is Cc1ccc(Nc2cc(NC(=O)C3(C4(C(=O)Nc5cc(Nc6ccc(Cl)c(Cl)c6)nc6ccccc56)CCCCC4)CCCCC3)c3ccccc3n2)cc1. The topological polar surface area (TPSA) is 108 Å². The number of halogens is 2. The van der Waals surface area contributed by atoms with E-state index in [9.17, 15) is 0 Å². The van der Waals surface area contributed by atoms with Crippen LogP contribution in [0.4, 0.5) is 34.4 Å². The molecule has 2 aliphatic rings. The maximum Gasteiger partial charge on any atom is 0.231 e. The molecule has 2 saturated carbocycles. The molecule has 8 nitrogen and oxygen atoms in total. The number of benzene rings is 4. The number of hydrogen-bond acceptors (Lipinski definition) is 6. The summed E-state index contributed by atoms with van der Waals surface area (Å²) in [7, 11) is 0. The Hall–Kier alpha value is -5.18. The van der Waals surface area contributed by atoms with Gasteiger partial charge in [-0.3, -0.25) is 9.59 Å². The van der Waals surface area contributed by atoms with Crippen molar-refractivity contribution in [1.82, 2.24) is 9.97 Å². The minimum atomic E-state index is -0.913. The fourth-order valence-corrected chi connectivity index (χ4v) is 9.13. The summed E-state index contributed by atoms with van der Waals surface area (Å²) >= 11 is 12.5. The van der Waals surface area contributed by atoms with E-state index in [1.54, 1.807) is 12.1 Å². The molecule has 0 unspecified atom stereocenters. The van der Waals surface area contributed by atoms with Gasteiger partial charge in [0.2, 0.25) is 11.8 Å². The predicted octanol–water partition coefficient (Wildman–Crippen LogP) is 12.4. The van der Waals surface area contributed by atoms with Gasteiger partial charge in [0.1, 0.15) is 11.6 Å². The number of carbonyl (C=O) groups is 2. The number of pyridine rings is 2. The Labute approximate surface area is 331 Å². The average Bonchev–Trinajstić information content (AvgIpc) is 3.20. The molecule has 2 aliphatic carbocycles. The second kappa shape index (κ2) is 15.5. The third-order valence-electron chi connectivity index (χ3n) is 11.6.